The molecule has 2 atom stereocenters. The Balaban J connectivity index is 2.17. The van der Waals surface area contributed by atoms with Crippen LogP contribution in [0.15, 0.2) is 28.8 Å². The minimum Gasteiger partial charge on any atom is -0.330 e. The van der Waals surface area contributed by atoms with Crippen LogP contribution in [0.5, 0.6) is 0 Å². The zero-order valence-electron chi connectivity index (χ0n) is 14.8. The molecule has 1 aliphatic heterocycles. The van der Waals surface area contributed by atoms with Crippen LogP contribution in [-0.2, 0) is 16.0 Å². The predicted octanol–water partition coefficient (Wildman–Crippen LogP) is 1.94. The first-order valence-corrected chi connectivity index (χ1v) is 8.85. The van der Waals surface area contributed by atoms with E-state index in [1.54, 1.807) is 6.08 Å². The molecule has 0 bridgehead atoms. The lowest BCUT2D eigenvalue weighted by Gasteiger charge is -2.25. The van der Waals surface area contributed by atoms with Gasteiger partial charge in [0, 0.05) is 0 Å². The molecule has 0 amide bonds. The van der Waals surface area contributed by atoms with E-state index < -0.39 is 5.92 Å². The molecule has 2 aliphatic rings. The highest BCUT2D eigenvalue weighted by Crippen LogP contribution is 2.36. The molecule has 1 heterocycles. The molecule has 1 aliphatic carbocycles. The number of aliphatic imine (C=N–C) groups is 1. The molecule has 132 valence electrons. The highest BCUT2D eigenvalue weighted by Gasteiger charge is 2.38. The average Bonchev–Trinajstić information content (AvgIpc) is 2.70. The summed E-state index contributed by atoms with van der Waals surface area (Å²) in [6, 6.07) is 4.17. The zero-order chi connectivity index (χ0) is 18.1. The molecule has 4 N–H and O–H groups in total. The van der Waals surface area contributed by atoms with Crippen molar-refractivity contribution in [2.45, 2.75) is 33.1 Å². The second-order valence-corrected chi connectivity index (χ2v) is 7.00. The molecule has 0 spiro atoms. The van der Waals surface area contributed by atoms with Crippen LogP contribution in [0, 0.1) is 25.7 Å². The Morgan fingerprint density at radius 3 is 2.44 bits per heavy atom. The summed E-state index contributed by atoms with van der Waals surface area (Å²) in [6.45, 7) is 4.92. The molecule has 25 heavy (non-hydrogen) atoms. The lowest BCUT2D eigenvalue weighted by atomic mass is 9.77. The average molecular weight is 339 g/mol. The van der Waals surface area contributed by atoms with Gasteiger partial charge in [-0.25, -0.2) is 4.99 Å². The first kappa shape index (κ1) is 17.7. The summed E-state index contributed by atoms with van der Waals surface area (Å²) < 4.78 is 0. The predicted molar refractivity (Wildman–Crippen MR) is 99.1 cm³/mol. The standard InChI is InChI=1S/C20H25N3O2/c1-11-7-14-9-13(3-5-21)16-10-18(24)15(4-6-22)20(25)19(16)23-17(14)8-12(11)2/h7-8,10,13,15H,3-6,9,21-22H2,1-2H3. The van der Waals surface area contributed by atoms with Crippen LogP contribution in [0.1, 0.15) is 29.5 Å². The Morgan fingerprint density at radius 2 is 1.76 bits per heavy atom. The van der Waals surface area contributed by atoms with E-state index in [9.17, 15) is 9.59 Å². The van der Waals surface area contributed by atoms with Crippen molar-refractivity contribution in [2.24, 2.45) is 28.3 Å². The first-order valence-electron chi connectivity index (χ1n) is 8.85. The van der Waals surface area contributed by atoms with Gasteiger partial charge in [-0.05, 0) is 86.5 Å². The van der Waals surface area contributed by atoms with E-state index >= 15 is 0 Å². The second-order valence-electron chi connectivity index (χ2n) is 7.00. The lowest BCUT2D eigenvalue weighted by molar-refractivity contribution is -0.127. The van der Waals surface area contributed by atoms with Gasteiger partial charge in [0.2, 0.25) is 0 Å². The maximum atomic E-state index is 12.9. The summed E-state index contributed by atoms with van der Waals surface area (Å²) >= 11 is 0. The molecule has 0 radical (unpaired) electrons. The first-order chi connectivity index (χ1) is 12.0. The normalized spacial score (nSPS) is 22.7. The van der Waals surface area contributed by atoms with Crippen LogP contribution in [-0.4, -0.2) is 30.4 Å². The maximum absolute atomic E-state index is 12.9. The highest BCUT2D eigenvalue weighted by molar-refractivity contribution is 6.52. The van der Waals surface area contributed by atoms with Crippen molar-refractivity contribution in [1.82, 2.24) is 0 Å². The van der Waals surface area contributed by atoms with E-state index in [-0.39, 0.29) is 17.5 Å². The number of allylic oxidation sites excluding steroid dienone is 2. The van der Waals surface area contributed by atoms with Crippen LogP contribution in [0.25, 0.3) is 0 Å². The Bertz CT molecular complexity index is 792. The van der Waals surface area contributed by atoms with Gasteiger partial charge in [-0.1, -0.05) is 6.07 Å². The van der Waals surface area contributed by atoms with E-state index in [4.69, 9.17) is 16.5 Å². The number of hydrogen-bond donors (Lipinski definition) is 2. The molecule has 1 aromatic carbocycles. The van der Waals surface area contributed by atoms with E-state index in [0.717, 1.165) is 35.2 Å². The number of Topliss-reactive ketones (excluding diaryl/α,β-unsaturated/α-hetero) is 1. The summed E-state index contributed by atoms with van der Waals surface area (Å²) in [5, 5.41) is 0. The van der Waals surface area contributed by atoms with Gasteiger partial charge in [0.25, 0.3) is 0 Å². The van der Waals surface area contributed by atoms with Crippen molar-refractivity contribution in [2.75, 3.05) is 13.1 Å². The number of nitrogens with zero attached hydrogens (tertiary/aromatic N) is 1. The third-order valence-electron chi connectivity index (χ3n) is 5.27. The quantitative estimate of drug-likeness (QED) is 0.819. The van der Waals surface area contributed by atoms with Crippen LogP contribution in [0.2, 0.25) is 0 Å². The van der Waals surface area contributed by atoms with Crippen LogP contribution in [0.4, 0.5) is 5.69 Å². The number of fused-ring (bicyclic) bond motifs is 2. The molecule has 0 fully saturated rings. The minimum absolute atomic E-state index is 0.0406. The van der Waals surface area contributed by atoms with Crippen molar-refractivity contribution >= 4 is 23.0 Å². The zero-order valence-corrected chi connectivity index (χ0v) is 14.8. The molecule has 2 unspecified atom stereocenters. The highest BCUT2D eigenvalue weighted by atomic mass is 16.2. The second kappa shape index (κ2) is 7.02. The van der Waals surface area contributed by atoms with Gasteiger partial charge in [0.15, 0.2) is 11.6 Å². The topological polar surface area (TPSA) is 98.5 Å². The van der Waals surface area contributed by atoms with Gasteiger partial charge >= 0.3 is 0 Å². The number of carbonyl (C=O) groups excluding carboxylic acids is 2. The SMILES string of the molecule is Cc1cc2c(cc1C)N=C1C(=O)C(CCN)C(=O)C=C1C(CCN)C2. The van der Waals surface area contributed by atoms with Crippen molar-refractivity contribution < 1.29 is 9.59 Å². The largest absolute Gasteiger partial charge is 0.330 e. The number of hydrogen-bond acceptors (Lipinski definition) is 5. The van der Waals surface area contributed by atoms with E-state index in [0.29, 0.717) is 25.2 Å². The van der Waals surface area contributed by atoms with Gasteiger partial charge in [0.1, 0.15) is 5.71 Å². The summed E-state index contributed by atoms with van der Waals surface area (Å²) in [6.07, 6.45) is 3.45. The number of aryl methyl sites for hydroxylation is 2. The fourth-order valence-electron chi connectivity index (χ4n) is 3.71. The lowest BCUT2D eigenvalue weighted by Crippen LogP contribution is -2.38. The molecule has 0 aromatic heterocycles. The molecule has 5 heteroatoms. The van der Waals surface area contributed by atoms with E-state index in [1.165, 1.54) is 5.56 Å². The summed E-state index contributed by atoms with van der Waals surface area (Å²) in [5.74, 6) is -0.997. The molecule has 0 saturated carbocycles. The third kappa shape index (κ3) is 3.22. The van der Waals surface area contributed by atoms with Gasteiger partial charge in [-0.15, -0.1) is 0 Å². The number of benzene rings is 1. The number of carbonyl (C=O) groups is 2. The Kier molecular flexibility index (Phi) is 4.97. The summed E-state index contributed by atoms with van der Waals surface area (Å²) in [4.78, 5) is 30.1. The van der Waals surface area contributed by atoms with Crippen LogP contribution < -0.4 is 11.5 Å². The number of ketones is 2. The molecular formula is C20H25N3O2. The smallest absolute Gasteiger partial charge is 0.192 e. The molecule has 1 aromatic rings. The van der Waals surface area contributed by atoms with E-state index in [2.05, 4.69) is 13.0 Å². The van der Waals surface area contributed by atoms with Gasteiger partial charge in [0.05, 0.1) is 11.6 Å². The third-order valence-corrected chi connectivity index (χ3v) is 5.27. The number of rotatable bonds is 4. The number of nitrogens with two attached hydrogens (primary N) is 2. The molecular weight excluding hydrogens is 314 g/mol. The minimum atomic E-state index is -0.695. The summed E-state index contributed by atoms with van der Waals surface area (Å²) in [7, 11) is 0. The monoisotopic (exact) mass is 339 g/mol. The van der Waals surface area contributed by atoms with Gasteiger partial charge < -0.3 is 11.5 Å². The molecule has 3 rings (SSSR count). The summed E-state index contributed by atoms with van der Waals surface area (Å²) in [5.41, 5.74) is 16.9. The van der Waals surface area contributed by atoms with E-state index in [1.807, 2.05) is 13.0 Å². The van der Waals surface area contributed by atoms with Crippen LogP contribution in [0.3, 0.4) is 0 Å². The van der Waals surface area contributed by atoms with Gasteiger partial charge in [-0.2, -0.15) is 0 Å². The fourth-order valence-corrected chi connectivity index (χ4v) is 3.71. The van der Waals surface area contributed by atoms with Crippen molar-refractivity contribution in [3.63, 3.8) is 0 Å². The van der Waals surface area contributed by atoms with Gasteiger partial charge in [-0.3, -0.25) is 9.59 Å². The molecule has 5 nitrogen and oxygen atoms in total. The van der Waals surface area contributed by atoms with Crippen LogP contribution >= 0.6 is 0 Å². The van der Waals surface area contributed by atoms with Crippen molar-refractivity contribution in [1.29, 1.82) is 0 Å². The Labute approximate surface area is 148 Å². The fraction of sp³-hybridized carbons (Fsp3) is 0.450. The van der Waals surface area contributed by atoms with Crippen molar-refractivity contribution in [3.05, 3.63) is 40.5 Å². The Hall–Kier alpha value is -2.11. The van der Waals surface area contributed by atoms with Crippen molar-refractivity contribution in [3.8, 4) is 0 Å². The maximum Gasteiger partial charge on any atom is 0.192 e. The Morgan fingerprint density at radius 1 is 1.08 bits per heavy atom. The molecule has 0 saturated heterocycles.